The summed E-state index contributed by atoms with van der Waals surface area (Å²) in [5.74, 6) is -0.0243. The summed E-state index contributed by atoms with van der Waals surface area (Å²) >= 11 is 0. The van der Waals surface area contributed by atoms with Gasteiger partial charge in [0.2, 0.25) is 10.0 Å². The summed E-state index contributed by atoms with van der Waals surface area (Å²) in [6.45, 7) is 3.32. The van der Waals surface area contributed by atoms with E-state index in [0.29, 0.717) is 0 Å². The number of rotatable bonds is 6. The molecule has 0 aliphatic carbocycles. The Morgan fingerprint density at radius 1 is 1.45 bits per heavy atom. The molecule has 0 aromatic heterocycles. The van der Waals surface area contributed by atoms with Crippen molar-refractivity contribution in [1.29, 1.82) is 0 Å². The number of ether oxygens (including phenoxy) is 2. The number of primary sulfonamides is 1. The lowest BCUT2D eigenvalue weighted by atomic mass is 10.2. The number of nitrogens with two attached hydrogens (primary N) is 1. The molecule has 0 heterocycles. The van der Waals surface area contributed by atoms with E-state index in [0.717, 1.165) is 6.07 Å². The lowest BCUT2D eigenvalue weighted by molar-refractivity contribution is -0.386. The standard InChI is InChI=1S/C11H16N2O6S/c1-7-4-10(19-6-8(2)18-3)9(13(14)15)5-11(7)20(12,16)17/h4-5,8H,6H2,1-3H3,(H2,12,16,17). The van der Waals surface area contributed by atoms with Crippen molar-refractivity contribution in [2.45, 2.75) is 24.8 Å². The number of hydrogen-bond donors (Lipinski definition) is 1. The molecule has 112 valence electrons. The first-order valence-corrected chi connectivity index (χ1v) is 7.19. The van der Waals surface area contributed by atoms with Crippen LogP contribution in [0.15, 0.2) is 17.0 Å². The second-order valence-corrected chi connectivity index (χ2v) is 5.77. The van der Waals surface area contributed by atoms with Gasteiger partial charge in [-0.1, -0.05) is 0 Å². The zero-order valence-electron chi connectivity index (χ0n) is 11.3. The Morgan fingerprint density at radius 3 is 2.50 bits per heavy atom. The van der Waals surface area contributed by atoms with Gasteiger partial charge in [-0.15, -0.1) is 0 Å². The molecule has 0 aliphatic rings. The Balaban J connectivity index is 3.25. The number of aryl methyl sites for hydroxylation is 1. The fourth-order valence-corrected chi connectivity index (χ4v) is 2.27. The molecule has 1 rings (SSSR count). The van der Waals surface area contributed by atoms with Crippen LogP contribution < -0.4 is 9.88 Å². The monoisotopic (exact) mass is 304 g/mol. The zero-order chi connectivity index (χ0) is 15.5. The molecule has 2 N–H and O–H groups in total. The molecule has 0 saturated heterocycles. The van der Waals surface area contributed by atoms with Gasteiger partial charge in [-0.05, 0) is 25.5 Å². The second kappa shape index (κ2) is 6.16. The van der Waals surface area contributed by atoms with Crippen LogP contribution in [0.5, 0.6) is 5.75 Å². The molecular weight excluding hydrogens is 288 g/mol. The number of nitro groups is 1. The minimum Gasteiger partial charge on any atom is -0.484 e. The van der Waals surface area contributed by atoms with E-state index in [4.69, 9.17) is 14.6 Å². The van der Waals surface area contributed by atoms with E-state index >= 15 is 0 Å². The molecule has 1 aromatic rings. The summed E-state index contributed by atoms with van der Waals surface area (Å²) in [5, 5.41) is 16.0. The van der Waals surface area contributed by atoms with Crippen LogP contribution in [0.4, 0.5) is 5.69 Å². The van der Waals surface area contributed by atoms with Crippen LogP contribution in [0.1, 0.15) is 12.5 Å². The van der Waals surface area contributed by atoms with Crippen molar-refractivity contribution in [2.24, 2.45) is 5.14 Å². The summed E-state index contributed by atoms with van der Waals surface area (Å²) in [6.07, 6.45) is -0.257. The Morgan fingerprint density at radius 2 is 2.05 bits per heavy atom. The van der Waals surface area contributed by atoms with Crippen molar-refractivity contribution >= 4 is 15.7 Å². The fraction of sp³-hybridized carbons (Fsp3) is 0.455. The number of benzene rings is 1. The van der Waals surface area contributed by atoms with Crippen LogP contribution >= 0.6 is 0 Å². The van der Waals surface area contributed by atoms with Crippen LogP contribution in [0.2, 0.25) is 0 Å². The van der Waals surface area contributed by atoms with E-state index in [9.17, 15) is 18.5 Å². The van der Waals surface area contributed by atoms with Gasteiger partial charge < -0.3 is 9.47 Å². The Kier molecular flexibility index (Phi) is 5.03. The predicted molar refractivity (Wildman–Crippen MR) is 71.2 cm³/mol. The first-order chi connectivity index (χ1) is 9.16. The number of hydrogen-bond acceptors (Lipinski definition) is 6. The molecular formula is C11H16N2O6S. The predicted octanol–water partition coefficient (Wildman–Crippen LogP) is 0.964. The summed E-state index contributed by atoms with van der Waals surface area (Å²) in [7, 11) is -2.54. The third kappa shape index (κ3) is 3.89. The van der Waals surface area contributed by atoms with Crippen molar-refractivity contribution < 1.29 is 22.8 Å². The molecule has 1 atom stereocenters. The van der Waals surface area contributed by atoms with Crippen LogP contribution in [0.25, 0.3) is 0 Å². The summed E-state index contributed by atoms with van der Waals surface area (Å²) in [6, 6.07) is 2.18. The highest BCUT2D eigenvalue weighted by Crippen LogP contribution is 2.32. The average molecular weight is 304 g/mol. The van der Waals surface area contributed by atoms with Gasteiger partial charge in [0.25, 0.3) is 0 Å². The molecule has 0 amide bonds. The lowest BCUT2D eigenvalue weighted by Crippen LogP contribution is -2.17. The maximum atomic E-state index is 11.3. The van der Waals surface area contributed by atoms with Gasteiger partial charge in [0.05, 0.1) is 15.9 Å². The van der Waals surface area contributed by atoms with Crippen LogP contribution in [-0.4, -0.2) is 33.2 Å². The molecule has 0 aliphatic heterocycles. The molecule has 0 saturated carbocycles. The van der Waals surface area contributed by atoms with E-state index in [1.165, 1.54) is 20.1 Å². The molecule has 8 nitrogen and oxygen atoms in total. The van der Waals surface area contributed by atoms with Crippen molar-refractivity contribution in [1.82, 2.24) is 0 Å². The number of nitro benzene ring substituents is 1. The quantitative estimate of drug-likeness (QED) is 0.617. The summed E-state index contributed by atoms with van der Waals surface area (Å²) < 4.78 is 33.0. The van der Waals surface area contributed by atoms with Crippen LogP contribution in [0.3, 0.4) is 0 Å². The third-order valence-corrected chi connectivity index (χ3v) is 3.69. The first kappa shape index (κ1) is 16.3. The van der Waals surface area contributed by atoms with Gasteiger partial charge in [0, 0.05) is 13.2 Å². The fourth-order valence-electron chi connectivity index (χ4n) is 1.49. The zero-order valence-corrected chi connectivity index (χ0v) is 12.1. The Bertz CT molecular complexity index is 614. The largest absolute Gasteiger partial charge is 0.484 e. The third-order valence-electron chi connectivity index (χ3n) is 2.64. The van der Waals surface area contributed by atoms with Gasteiger partial charge in [-0.3, -0.25) is 10.1 Å². The molecule has 1 unspecified atom stereocenters. The molecule has 0 radical (unpaired) electrons. The van der Waals surface area contributed by atoms with Gasteiger partial charge in [0.15, 0.2) is 5.75 Å². The molecule has 20 heavy (non-hydrogen) atoms. The Hall–Kier alpha value is -1.71. The van der Waals surface area contributed by atoms with Gasteiger partial charge in [-0.25, -0.2) is 13.6 Å². The number of sulfonamides is 1. The second-order valence-electron chi connectivity index (χ2n) is 4.24. The molecule has 9 heteroatoms. The van der Waals surface area contributed by atoms with Crippen LogP contribution in [0, 0.1) is 17.0 Å². The first-order valence-electron chi connectivity index (χ1n) is 5.64. The minimum atomic E-state index is -4.03. The molecule has 0 fully saturated rings. The number of nitrogens with zero attached hydrogens (tertiary/aromatic N) is 1. The summed E-state index contributed by atoms with van der Waals surface area (Å²) in [4.78, 5) is 9.97. The number of methoxy groups -OCH3 is 1. The highest BCUT2D eigenvalue weighted by atomic mass is 32.2. The van der Waals surface area contributed by atoms with Crippen molar-refractivity contribution in [3.05, 3.63) is 27.8 Å². The Labute approximate surface area is 116 Å². The van der Waals surface area contributed by atoms with E-state index in [1.807, 2.05) is 0 Å². The lowest BCUT2D eigenvalue weighted by Gasteiger charge is -2.13. The van der Waals surface area contributed by atoms with Crippen molar-refractivity contribution in [2.75, 3.05) is 13.7 Å². The molecule has 1 aromatic carbocycles. The van der Waals surface area contributed by atoms with E-state index < -0.39 is 20.6 Å². The van der Waals surface area contributed by atoms with E-state index in [2.05, 4.69) is 0 Å². The maximum absolute atomic E-state index is 11.3. The molecule has 0 bridgehead atoms. The van der Waals surface area contributed by atoms with Gasteiger partial charge >= 0.3 is 5.69 Å². The highest BCUT2D eigenvalue weighted by molar-refractivity contribution is 7.89. The smallest absolute Gasteiger partial charge is 0.312 e. The molecule has 0 spiro atoms. The average Bonchev–Trinajstić information content (AvgIpc) is 2.33. The minimum absolute atomic E-state index is 0.0243. The SMILES string of the molecule is COC(C)COc1cc(C)c(S(N)(=O)=O)cc1[N+](=O)[O-]. The summed E-state index contributed by atoms with van der Waals surface area (Å²) in [5.41, 5.74) is -0.180. The van der Waals surface area contributed by atoms with Crippen molar-refractivity contribution in [3.63, 3.8) is 0 Å². The topological polar surface area (TPSA) is 122 Å². The van der Waals surface area contributed by atoms with Gasteiger partial charge in [-0.2, -0.15) is 0 Å². The van der Waals surface area contributed by atoms with Crippen molar-refractivity contribution in [3.8, 4) is 5.75 Å². The normalized spacial score (nSPS) is 13.0. The van der Waals surface area contributed by atoms with E-state index in [-0.39, 0.29) is 28.9 Å². The van der Waals surface area contributed by atoms with Crippen LogP contribution in [-0.2, 0) is 14.8 Å². The maximum Gasteiger partial charge on any atom is 0.312 e. The van der Waals surface area contributed by atoms with Gasteiger partial charge in [0.1, 0.15) is 6.61 Å². The van der Waals surface area contributed by atoms with E-state index in [1.54, 1.807) is 6.92 Å². The highest BCUT2D eigenvalue weighted by Gasteiger charge is 2.23.